The maximum Gasteiger partial charge on any atom is 0.232 e. The fourth-order valence-corrected chi connectivity index (χ4v) is 4.42. The van der Waals surface area contributed by atoms with Crippen molar-refractivity contribution >= 4 is 17.5 Å². The van der Waals surface area contributed by atoms with E-state index in [-0.39, 0.29) is 5.79 Å². The van der Waals surface area contributed by atoms with Crippen molar-refractivity contribution in [3.05, 3.63) is 41.6 Å². The molecule has 2 saturated heterocycles. The summed E-state index contributed by atoms with van der Waals surface area (Å²) in [5.74, 6) is 1.46. The number of para-hydroxylation sites is 1. The molecule has 0 radical (unpaired) electrons. The van der Waals surface area contributed by atoms with Gasteiger partial charge >= 0.3 is 0 Å². The molecule has 2 aromatic rings. The molecule has 6 nitrogen and oxygen atoms in total. The molecule has 0 bridgehead atoms. The quantitative estimate of drug-likeness (QED) is 0.813. The lowest BCUT2D eigenvalue weighted by molar-refractivity contribution is -0.169. The number of hydrogen-bond acceptors (Lipinski definition) is 6. The van der Waals surface area contributed by atoms with E-state index >= 15 is 0 Å². The first kappa shape index (κ1) is 17.0. The molecule has 0 unspecified atom stereocenters. The summed E-state index contributed by atoms with van der Waals surface area (Å²) in [6.45, 7) is 6.24. The molecular formula is C21H26N4O2. The first-order valence-electron chi connectivity index (χ1n) is 9.96. The lowest BCUT2D eigenvalue weighted by Gasteiger charge is -2.38. The fourth-order valence-electron chi connectivity index (χ4n) is 4.42. The van der Waals surface area contributed by atoms with Crippen LogP contribution in [-0.4, -0.2) is 48.6 Å². The lowest BCUT2D eigenvalue weighted by Crippen LogP contribution is -2.45. The highest BCUT2D eigenvalue weighted by Gasteiger charge is 2.40. The van der Waals surface area contributed by atoms with Crippen LogP contribution in [0.15, 0.2) is 30.3 Å². The zero-order valence-electron chi connectivity index (χ0n) is 15.9. The van der Waals surface area contributed by atoms with Crippen LogP contribution in [-0.2, 0) is 15.9 Å². The average Bonchev–Trinajstić information content (AvgIpc) is 3.15. The summed E-state index contributed by atoms with van der Waals surface area (Å²) in [6, 6.07) is 10.7. The first-order valence-corrected chi connectivity index (χ1v) is 9.96. The van der Waals surface area contributed by atoms with Gasteiger partial charge < -0.3 is 19.3 Å². The number of fused-ring (bicyclic) bond motifs is 1. The Labute approximate surface area is 160 Å². The molecule has 0 aliphatic carbocycles. The Kier molecular flexibility index (Phi) is 4.25. The summed E-state index contributed by atoms with van der Waals surface area (Å²) >= 11 is 0. The number of anilines is 3. The van der Waals surface area contributed by atoms with Gasteiger partial charge in [-0.05, 0) is 31.4 Å². The molecule has 0 saturated carbocycles. The average molecular weight is 366 g/mol. The Morgan fingerprint density at radius 3 is 2.59 bits per heavy atom. The molecule has 1 spiro atoms. The smallest absolute Gasteiger partial charge is 0.232 e. The predicted octanol–water partition coefficient (Wildman–Crippen LogP) is 3.21. The Balaban J connectivity index is 1.41. The molecule has 6 heteroatoms. The second-order valence-corrected chi connectivity index (χ2v) is 7.65. The molecule has 27 heavy (non-hydrogen) atoms. The van der Waals surface area contributed by atoms with Crippen molar-refractivity contribution < 1.29 is 9.47 Å². The van der Waals surface area contributed by atoms with E-state index in [1.165, 1.54) is 11.3 Å². The van der Waals surface area contributed by atoms with Crippen molar-refractivity contribution in [1.82, 2.24) is 9.97 Å². The fraction of sp³-hybridized carbons (Fsp3) is 0.524. The lowest BCUT2D eigenvalue weighted by atomic mass is 10.0. The third-order valence-electron chi connectivity index (χ3n) is 5.84. The second kappa shape index (κ2) is 6.77. The minimum Gasteiger partial charge on any atom is -0.356 e. The van der Waals surface area contributed by atoms with Gasteiger partial charge in [-0.1, -0.05) is 18.2 Å². The highest BCUT2D eigenvalue weighted by atomic mass is 16.7. The summed E-state index contributed by atoms with van der Waals surface area (Å²) in [5.41, 5.74) is 3.63. The van der Waals surface area contributed by atoms with E-state index in [2.05, 4.69) is 47.1 Å². The Bertz CT molecular complexity index is 825. The number of hydrogen-bond donors (Lipinski definition) is 0. The van der Waals surface area contributed by atoms with Crippen LogP contribution >= 0.6 is 0 Å². The van der Waals surface area contributed by atoms with Gasteiger partial charge in [0.2, 0.25) is 5.95 Å². The van der Waals surface area contributed by atoms with E-state index in [4.69, 9.17) is 19.4 Å². The molecule has 142 valence electrons. The maximum absolute atomic E-state index is 5.86. The molecule has 0 atom stereocenters. The van der Waals surface area contributed by atoms with Crippen molar-refractivity contribution in [2.45, 2.75) is 38.4 Å². The molecule has 3 aliphatic heterocycles. The summed E-state index contributed by atoms with van der Waals surface area (Å²) in [5, 5.41) is 0. The molecular weight excluding hydrogens is 340 g/mol. The SMILES string of the molecule is Cc1cc(N2CCC3(CC2)OCCO3)nc(N2CCCc3ccccc32)n1. The summed E-state index contributed by atoms with van der Waals surface area (Å²) in [7, 11) is 0. The van der Waals surface area contributed by atoms with Crippen LogP contribution in [0.2, 0.25) is 0 Å². The minimum absolute atomic E-state index is 0.354. The summed E-state index contributed by atoms with van der Waals surface area (Å²) < 4.78 is 11.7. The summed E-state index contributed by atoms with van der Waals surface area (Å²) in [6.07, 6.45) is 4.03. The molecule has 1 aromatic carbocycles. The van der Waals surface area contributed by atoms with Gasteiger partial charge in [-0.25, -0.2) is 4.98 Å². The molecule has 5 rings (SSSR count). The van der Waals surface area contributed by atoms with Gasteiger partial charge in [-0.3, -0.25) is 0 Å². The third-order valence-corrected chi connectivity index (χ3v) is 5.84. The number of nitrogens with zero attached hydrogens (tertiary/aromatic N) is 4. The number of aryl methyl sites for hydroxylation is 2. The van der Waals surface area contributed by atoms with Crippen LogP contribution in [0.3, 0.4) is 0 Å². The number of aromatic nitrogens is 2. The number of rotatable bonds is 2. The summed E-state index contributed by atoms with van der Waals surface area (Å²) in [4.78, 5) is 14.3. The molecule has 4 heterocycles. The zero-order chi connectivity index (χ0) is 18.3. The highest BCUT2D eigenvalue weighted by molar-refractivity contribution is 5.64. The standard InChI is InChI=1S/C21H26N4O2/c1-16-15-19(24-11-8-21(9-12-24)26-13-14-27-21)23-20(22-16)25-10-4-6-17-5-2-3-7-18(17)25/h2-3,5,7,15H,4,6,8-14H2,1H3. The first-order chi connectivity index (χ1) is 13.2. The largest absolute Gasteiger partial charge is 0.356 e. The van der Waals surface area contributed by atoms with Gasteiger partial charge in [0, 0.05) is 49.9 Å². The molecule has 1 aromatic heterocycles. The molecule has 3 aliphatic rings. The molecule has 0 N–H and O–H groups in total. The number of benzene rings is 1. The Hall–Kier alpha value is -2.18. The van der Waals surface area contributed by atoms with E-state index in [0.29, 0.717) is 13.2 Å². The van der Waals surface area contributed by atoms with Gasteiger partial charge in [0.05, 0.1) is 13.2 Å². The topological polar surface area (TPSA) is 50.7 Å². The van der Waals surface area contributed by atoms with Gasteiger partial charge in [-0.2, -0.15) is 4.98 Å². The van der Waals surface area contributed by atoms with E-state index in [1.54, 1.807) is 0 Å². The molecule has 0 amide bonds. The number of piperidine rings is 1. The van der Waals surface area contributed by atoms with Crippen molar-refractivity contribution in [2.24, 2.45) is 0 Å². The highest BCUT2D eigenvalue weighted by Crippen LogP contribution is 2.35. The second-order valence-electron chi connectivity index (χ2n) is 7.65. The maximum atomic E-state index is 5.86. The van der Waals surface area contributed by atoms with Crippen LogP contribution in [0.25, 0.3) is 0 Å². The van der Waals surface area contributed by atoms with Crippen LogP contribution in [0, 0.1) is 6.92 Å². The van der Waals surface area contributed by atoms with Crippen molar-refractivity contribution in [2.75, 3.05) is 42.6 Å². The zero-order valence-corrected chi connectivity index (χ0v) is 15.9. The van der Waals surface area contributed by atoms with Crippen molar-refractivity contribution in [3.63, 3.8) is 0 Å². The normalized spacial score (nSPS) is 21.5. The Morgan fingerprint density at radius 2 is 1.78 bits per heavy atom. The minimum atomic E-state index is -0.354. The van der Waals surface area contributed by atoms with Crippen molar-refractivity contribution in [3.8, 4) is 0 Å². The van der Waals surface area contributed by atoms with E-state index in [9.17, 15) is 0 Å². The molecule has 2 fully saturated rings. The van der Waals surface area contributed by atoms with Gasteiger partial charge in [0.25, 0.3) is 0 Å². The van der Waals surface area contributed by atoms with E-state index in [0.717, 1.165) is 62.8 Å². The number of ether oxygens (including phenoxy) is 2. The van der Waals surface area contributed by atoms with Crippen molar-refractivity contribution in [1.29, 1.82) is 0 Å². The van der Waals surface area contributed by atoms with Crippen LogP contribution < -0.4 is 9.80 Å². The van der Waals surface area contributed by atoms with Crippen LogP contribution in [0.5, 0.6) is 0 Å². The van der Waals surface area contributed by atoms with Crippen LogP contribution in [0.4, 0.5) is 17.5 Å². The monoisotopic (exact) mass is 366 g/mol. The van der Waals surface area contributed by atoms with E-state index in [1.807, 2.05) is 0 Å². The van der Waals surface area contributed by atoms with Gasteiger partial charge in [0.15, 0.2) is 5.79 Å². The van der Waals surface area contributed by atoms with Crippen LogP contribution in [0.1, 0.15) is 30.5 Å². The van der Waals surface area contributed by atoms with Gasteiger partial charge in [-0.15, -0.1) is 0 Å². The van der Waals surface area contributed by atoms with Gasteiger partial charge in [0.1, 0.15) is 5.82 Å². The third kappa shape index (κ3) is 3.17. The van der Waals surface area contributed by atoms with E-state index < -0.39 is 0 Å². The Morgan fingerprint density at radius 1 is 1.00 bits per heavy atom. The predicted molar refractivity (Wildman–Crippen MR) is 105 cm³/mol.